The number of hydrogen-bond acceptors (Lipinski definition) is 6. The van der Waals surface area contributed by atoms with Crippen molar-refractivity contribution in [2.24, 2.45) is 0 Å². The number of methoxy groups -OCH3 is 1. The Kier molecular flexibility index (Phi) is 3.79. The molecule has 2 aromatic heterocycles. The summed E-state index contributed by atoms with van der Waals surface area (Å²) in [5.41, 5.74) is 0.0644. The predicted octanol–water partition coefficient (Wildman–Crippen LogP) is 3.51. The van der Waals surface area contributed by atoms with Crippen LogP contribution >= 0.6 is 34.3 Å². The van der Waals surface area contributed by atoms with Gasteiger partial charge in [0.2, 0.25) is 0 Å². The van der Waals surface area contributed by atoms with Crippen molar-refractivity contribution in [2.45, 2.75) is 6.92 Å². The highest BCUT2D eigenvalue weighted by Crippen LogP contribution is 2.34. The molecule has 0 fully saturated rings. The van der Waals surface area contributed by atoms with E-state index in [9.17, 15) is 9.59 Å². The number of esters is 1. The number of thiazole rings is 1. The Bertz CT molecular complexity index is 618. The lowest BCUT2D eigenvalue weighted by molar-refractivity contribution is 0.0591. The Labute approximate surface area is 116 Å². The van der Waals surface area contributed by atoms with Gasteiger partial charge in [0.25, 0.3) is 0 Å². The molecule has 0 saturated heterocycles. The Balaban J connectivity index is 2.52. The van der Waals surface area contributed by atoms with Crippen LogP contribution in [0.15, 0.2) is 11.4 Å². The van der Waals surface area contributed by atoms with E-state index in [1.807, 2.05) is 0 Å². The third kappa shape index (κ3) is 2.45. The third-order valence-electron chi connectivity index (χ3n) is 2.10. The van der Waals surface area contributed by atoms with Gasteiger partial charge in [-0.3, -0.25) is 4.79 Å². The van der Waals surface area contributed by atoms with E-state index in [2.05, 4.69) is 9.72 Å². The van der Waals surface area contributed by atoms with Gasteiger partial charge in [-0.1, -0.05) is 11.6 Å². The summed E-state index contributed by atoms with van der Waals surface area (Å²) in [6, 6.07) is 1.75. The fraction of sp³-hybridized carbons (Fsp3) is 0.182. The number of thiophene rings is 1. The van der Waals surface area contributed by atoms with E-state index in [4.69, 9.17) is 11.6 Å². The first kappa shape index (κ1) is 13.2. The summed E-state index contributed by atoms with van der Waals surface area (Å²) in [6.07, 6.45) is 0. The maximum atomic E-state index is 11.5. The molecule has 94 valence electrons. The minimum atomic E-state index is -0.606. The molecule has 0 saturated carbocycles. The summed E-state index contributed by atoms with van der Waals surface area (Å²) in [7, 11) is 1.26. The van der Waals surface area contributed by atoms with Crippen LogP contribution in [-0.4, -0.2) is 23.8 Å². The zero-order valence-corrected chi connectivity index (χ0v) is 11.9. The summed E-state index contributed by atoms with van der Waals surface area (Å²) in [4.78, 5) is 28.3. The van der Waals surface area contributed by atoms with Gasteiger partial charge in [0.15, 0.2) is 11.5 Å². The van der Waals surface area contributed by atoms with Crippen LogP contribution in [-0.2, 0) is 4.74 Å². The number of carbonyl (C=O) groups excluding carboxylic acids is 2. The van der Waals surface area contributed by atoms with Crippen LogP contribution in [0.25, 0.3) is 9.88 Å². The number of hydrogen-bond donors (Lipinski definition) is 0. The normalized spacial score (nSPS) is 10.4. The topological polar surface area (TPSA) is 56.3 Å². The Morgan fingerprint density at radius 2 is 2.17 bits per heavy atom. The van der Waals surface area contributed by atoms with Gasteiger partial charge >= 0.3 is 5.97 Å². The molecule has 0 bridgehead atoms. The number of ether oxygens (including phenoxy) is 1. The fourth-order valence-corrected chi connectivity index (χ4v) is 3.41. The van der Waals surface area contributed by atoms with Crippen molar-refractivity contribution in [3.05, 3.63) is 27.0 Å². The number of halogens is 1. The third-order valence-corrected chi connectivity index (χ3v) is 4.71. The van der Waals surface area contributed by atoms with Crippen molar-refractivity contribution in [1.82, 2.24) is 4.98 Å². The summed E-state index contributed by atoms with van der Waals surface area (Å²) in [5.74, 6) is -0.813. The number of nitrogens with zero attached hydrogens (tertiary/aromatic N) is 1. The summed E-state index contributed by atoms with van der Waals surface area (Å²) >= 11 is 8.41. The van der Waals surface area contributed by atoms with Gasteiger partial charge in [0.1, 0.15) is 9.88 Å². The molecule has 7 heteroatoms. The monoisotopic (exact) mass is 301 g/mol. The van der Waals surface area contributed by atoms with Crippen molar-refractivity contribution in [1.29, 1.82) is 0 Å². The van der Waals surface area contributed by atoms with E-state index < -0.39 is 5.97 Å². The van der Waals surface area contributed by atoms with Gasteiger partial charge in [-0.15, -0.1) is 22.7 Å². The van der Waals surface area contributed by atoms with Gasteiger partial charge in [-0.25, -0.2) is 9.78 Å². The molecule has 0 aliphatic heterocycles. The maximum Gasteiger partial charge on any atom is 0.358 e. The summed E-state index contributed by atoms with van der Waals surface area (Å²) in [6.45, 7) is 1.39. The molecule has 18 heavy (non-hydrogen) atoms. The molecule has 0 atom stereocenters. The Morgan fingerprint density at radius 1 is 1.44 bits per heavy atom. The minimum absolute atomic E-state index is 0.0644. The number of ketones is 1. The standard InChI is InChI=1S/C11H8ClNO3S2/c1-5(14)9-8(11(15)16-2)13-10(18-9)7-3-6(12)4-17-7/h3-4H,1-2H3. The van der Waals surface area contributed by atoms with Crippen LogP contribution in [0.2, 0.25) is 5.02 Å². The maximum absolute atomic E-state index is 11.5. The van der Waals surface area contributed by atoms with Crippen LogP contribution in [0, 0.1) is 0 Å². The molecule has 4 nitrogen and oxygen atoms in total. The second-order valence-corrected chi connectivity index (χ2v) is 5.72. The summed E-state index contributed by atoms with van der Waals surface area (Å²) < 4.78 is 4.61. The van der Waals surface area contributed by atoms with Gasteiger partial charge in [-0.2, -0.15) is 0 Å². The van der Waals surface area contributed by atoms with Crippen molar-refractivity contribution in [3.63, 3.8) is 0 Å². The van der Waals surface area contributed by atoms with Crippen LogP contribution in [0.3, 0.4) is 0 Å². The molecule has 0 radical (unpaired) electrons. The second-order valence-electron chi connectivity index (χ2n) is 3.37. The number of Topliss-reactive ketones (excluding diaryl/α,β-unsaturated/α-hetero) is 1. The molecule has 2 aromatic rings. The number of rotatable bonds is 3. The van der Waals surface area contributed by atoms with E-state index >= 15 is 0 Å². The molecular weight excluding hydrogens is 294 g/mol. The highest BCUT2D eigenvalue weighted by molar-refractivity contribution is 7.22. The van der Waals surface area contributed by atoms with Crippen LogP contribution in [0.4, 0.5) is 0 Å². The largest absolute Gasteiger partial charge is 0.464 e. The van der Waals surface area contributed by atoms with E-state index in [0.717, 1.165) is 4.88 Å². The zero-order valence-electron chi connectivity index (χ0n) is 9.52. The number of carbonyl (C=O) groups is 2. The Hall–Kier alpha value is -1.24. The van der Waals surface area contributed by atoms with E-state index in [1.165, 1.54) is 36.7 Å². The molecular formula is C11H8ClNO3S2. The van der Waals surface area contributed by atoms with Crippen LogP contribution in [0.5, 0.6) is 0 Å². The SMILES string of the molecule is COC(=O)c1nc(-c2cc(Cl)cs2)sc1C(C)=O. The molecule has 0 aromatic carbocycles. The van der Waals surface area contributed by atoms with Crippen molar-refractivity contribution in [2.75, 3.05) is 7.11 Å². The lowest BCUT2D eigenvalue weighted by Gasteiger charge is -1.95. The molecule has 0 aliphatic rings. The lowest BCUT2D eigenvalue weighted by Crippen LogP contribution is -2.06. The fourth-order valence-electron chi connectivity index (χ4n) is 1.32. The summed E-state index contributed by atoms with van der Waals surface area (Å²) in [5, 5.41) is 2.97. The molecule has 0 spiro atoms. The first-order valence-corrected chi connectivity index (χ1v) is 6.95. The van der Waals surface area contributed by atoms with E-state index in [-0.39, 0.29) is 11.5 Å². The number of aromatic nitrogens is 1. The van der Waals surface area contributed by atoms with Crippen LogP contribution in [0.1, 0.15) is 27.1 Å². The van der Waals surface area contributed by atoms with Crippen molar-refractivity contribution in [3.8, 4) is 9.88 Å². The zero-order chi connectivity index (χ0) is 13.3. The molecule has 0 N–H and O–H groups in total. The smallest absolute Gasteiger partial charge is 0.358 e. The van der Waals surface area contributed by atoms with Gasteiger partial charge < -0.3 is 4.74 Å². The Morgan fingerprint density at radius 3 is 2.67 bits per heavy atom. The lowest BCUT2D eigenvalue weighted by atomic mass is 10.3. The molecule has 0 aliphatic carbocycles. The average Bonchev–Trinajstić information content (AvgIpc) is 2.93. The van der Waals surface area contributed by atoms with E-state index in [0.29, 0.717) is 14.9 Å². The molecule has 0 unspecified atom stereocenters. The van der Waals surface area contributed by atoms with Crippen molar-refractivity contribution < 1.29 is 14.3 Å². The first-order valence-electron chi connectivity index (χ1n) is 4.87. The van der Waals surface area contributed by atoms with Gasteiger partial charge in [0, 0.05) is 12.3 Å². The quantitative estimate of drug-likeness (QED) is 0.643. The molecule has 2 heterocycles. The first-order chi connectivity index (χ1) is 8.52. The predicted molar refractivity (Wildman–Crippen MR) is 71.8 cm³/mol. The van der Waals surface area contributed by atoms with Gasteiger partial charge in [0.05, 0.1) is 17.0 Å². The molecule has 2 rings (SSSR count). The van der Waals surface area contributed by atoms with Gasteiger partial charge in [-0.05, 0) is 6.07 Å². The van der Waals surface area contributed by atoms with Crippen LogP contribution < -0.4 is 0 Å². The second kappa shape index (κ2) is 5.17. The highest BCUT2D eigenvalue weighted by atomic mass is 35.5. The minimum Gasteiger partial charge on any atom is -0.464 e. The highest BCUT2D eigenvalue weighted by Gasteiger charge is 2.22. The average molecular weight is 302 g/mol. The van der Waals surface area contributed by atoms with E-state index in [1.54, 1.807) is 11.4 Å². The molecule has 0 amide bonds. The van der Waals surface area contributed by atoms with Crippen molar-refractivity contribution >= 4 is 46.0 Å².